The Bertz CT molecular complexity index is 335. The predicted octanol–water partition coefficient (Wildman–Crippen LogP) is 2.60. The maximum absolute atomic E-state index is 10.9. The minimum Gasteiger partial charge on any atom is -0.481 e. The molecule has 3 nitrogen and oxygen atoms in total. The molecule has 1 N–H and O–H groups in total. The second-order valence-electron chi connectivity index (χ2n) is 3.73. The molecule has 0 aliphatic rings. The molecule has 1 unspecified atom stereocenters. The Labute approximate surface area is 94.3 Å². The van der Waals surface area contributed by atoms with E-state index in [0.29, 0.717) is 13.0 Å². The van der Waals surface area contributed by atoms with E-state index in [9.17, 15) is 4.79 Å². The van der Waals surface area contributed by atoms with Crippen molar-refractivity contribution in [2.75, 3.05) is 18.5 Å². The number of aryl methyl sites for hydroxylation is 1. The first-order valence-electron chi connectivity index (χ1n) is 5.04. The van der Waals surface area contributed by atoms with Crippen molar-refractivity contribution in [3.8, 4) is 0 Å². The number of carbonyl (C=O) groups is 1. The molecule has 0 saturated carbocycles. The van der Waals surface area contributed by atoms with E-state index in [1.165, 1.54) is 5.56 Å². The lowest BCUT2D eigenvalue weighted by Gasteiger charge is -2.22. The highest BCUT2D eigenvalue weighted by Gasteiger charge is 2.18. The Balaban J connectivity index is 2.66. The number of anilines is 1. The van der Waals surface area contributed by atoms with Gasteiger partial charge in [0.05, 0.1) is 10.9 Å². The van der Waals surface area contributed by atoms with Gasteiger partial charge in [-0.05, 0) is 30.4 Å². The average molecular weight is 227 g/mol. The van der Waals surface area contributed by atoms with Gasteiger partial charge in [0.2, 0.25) is 0 Å². The zero-order valence-electron chi connectivity index (χ0n) is 9.36. The molecule has 15 heavy (non-hydrogen) atoms. The second-order valence-corrected chi connectivity index (χ2v) is 4.63. The Kier molecular flexibility index (Phi) is 4.15. The standard InChI is InChI=1S/C11H17NO2S/c1-4-9(11(13)14)7-12(3)10-8(2)5-6-15-10/h5-6,9H,4,7H2,1-3H3,(H,13,14). The molecule has 0 radical (unpaired) electrons. The van der Waals surface area contributed by atoms with Gasteiger partial charge in [0.25, 0.3) is 0 Å². The van der Waals surface area contributed by atoms with Crippen molar-refractivity contribution in [2.45, 2.75) is 20.3 Å². The topological polar surface area (TPSA) is 40.5 Å². The molecular formula is C11H17NO2S. The number of carboxylic acid groups (broad SMARTS) is 1. The van der Waals surface area contributed by atoms with Crippen molar-refractivity contribution < 1.29 is 9.90 Å². The molecule has 1 aromatic rings. The van der Waals surface area contributed by atoms with E-state index >= 15 is 0 Å². The third-order valence-electron chi connectivity index (χ3n) is 2.52. The molecule has 0 spiro atoms. The van der Waals surface area contributed by atoms with Gasteiger partial charge >= 0.3 is 5.97 Å². The molecule has 0 aliphatic carbocycles. The van der Waals surface area contributed by atoms with Gasteiger partial charge in [0.1, 0.15) is 0 Å². The van der Waals surface area contributed by atoms with Gasteiger partial charge in [-0.15, -0.1) is 11.3 Å². The van der Waals surface area contributed by atoms with Gasteiger partial charge in [0.15, 0.2) is 0 Å². The molecule has 0 bridgehead atoms. The fourth-order valence-electron chi connectivity index (χ4n) is 1.55. The fraction of sp³-hybridized carbons (Fsp3) is 0.545. The van der Waals surface area contributed by atoms with E-state index in [2.05, 4.69) is 6.07 Å². The Morgan fingerprint density at radius 1 is 1.67 bits per heavy atom. The van der Waals surface area contributed by atoms with Crippen LogP contribution in [-0.2, 0) is 4.79 Å². The highest BCUT2D eigenvalue weighted by atomic mass is 32.1. The average Bonchev–Trinajstić information content (AvgIpc) is 2.60. The molecule has 84 valence electrons. The van der Waals surface area contributed by atoms with Crippen LogP contribution in [0.4, 0.5) is 5.00 Å². The zero-order valence-corrected chi connectivity index (χ0v) is 10.2. The number of hydrogen-bond acceptors (Lipinski definition) is 3. The third kappa shape index (κ3) is 2.96. The summed E-state index contributed by atoms with van der Waals surface area (Å²) < 4.78 is 0. The normalized spacial score (nSPS) is 12.5. The van der Waals surface area contributed by atoms with Crippen molar-refractivity contribution in [1.29, 1.82) is 0 Å². The van der Waals surface area contributed by atoms with Crippen molar-refractivity contribution >= 4 is 22.3 Å². The van der Waals surface area contributed by atoms with E-state index in [1.807, 2.05) is 31.2 Å². The highest BCUT2D eigenvalue weighted by molar-refractivity contribution is 7.14. The van der Waals surface area contributed by atoms with Gasteiger partial charge < -0.3 is 10.0 Å². The van der Waals surface area contributed by atoms with Crippen molar-refractivity contribution in [3.05, 3.63) is 17.0 Å². The quantitative estimate of drug-likeness (QED) is 0.840. The van der Waals surface area contributed by atoms with E-state index in [0.717, 1.165) is 5.00 Å². The number of rotatable bonds is 5. The minimum absolute atomic E-state index is 0.281. The molecule has 0 fully saturated rings. The van der Waals surface area contributed by atoms with Crippen LogP contribution < -0.4 is 4.90 Å². The van der Waals surface area contributed by atoms with Crippen LogP contribution in [-0.4, -0.2) is 24.7 Å². The lowest BCUT2D eigenvalue weighted by molar-refractivity contribution is -0.141. The maximum Gasteiger partial charge on any atom is 0.308 e. The number of thiophene rings is 1. The van der Waals surface area contributed by atoms with Gasteiger partial charge in [0, 0.05) is 13.6 Å². The minimum atomic E-state index is -0.710. The Hall–Kier alpha value is -1.03. The Morgan fingerprint density at radius 2 is 2.33 bits per heavy atom. The number of hydrogen-bond donors (Lipinski definition) is 1. The monoisotopic (exact) mass is 227 g/mol. The maximum atomic E-state index is 10.9. The molecule has 0 saturated heterocycles. The molecule has 0 amide bonds. The smallest absolute Gasteiger partial charge is 0.308 e. The van der Waals surface area contributed by atoms with Crippen LogP contribution in [0.5, 0.6) is 0 Å². The summed E-state index contributed by atoms with van der Waals surface area (Å²) in [7, 11) is 1.95. The first-order chi connectivity index (χ1) is 7.06. The van der Waals surface area contributed by atoms with Crippen molar-refractivity contribution in [1.82, 2.24) is 0 Å². The first kappa shape index (κ1) is 12.0. The first-order valence-corrected chi connectivity index (χ1v) is 5.92. The van der Waals surface area contributed by atoms with Crippen LogP contribution in [0, 0.1) is 12.8 Å². The van der Waals surface area contributed by atoms with Crippen LogP contribution in [0.2, 0.25) is 0 Å². The molecular weight excluding hydrogens is 210 g/mol. The molecule has 1 atom stereocenters. The van der Waals surface area contributed by atoms with Crippen LogP contribution in [0.3, 0.4) is 0 Å². The Morgan fingerprint density at radius 3 is 2.73 bits per heavy atom. The van der Waals surface area contributed by atoms with Gasteiger partial charge in [-0.1, -0.05) is 6.92 Å². The van der Waals surface area contributed by atoms with E-state index < -0.39 is 5.97 Å². The molecule has 0 aliphatic heterocycles. The van der Waals surface area contributed by atoms with Gasteiger partial charge in [-0.25, -0.2) is 0 Å². The summed E-state index contributed by atoms with van der Waals surface area (Å²) >= 11 is 1.65. The summed E-state index contributed by atoms with van der Waals surface area (Å²) in [4.78, 5) is 12.9. The predicted molar refractivity (Wildman–Crippen MR) is 63.7 cm³/mol. The largest absolute Gasteiger partial charge is 0.481 e. The fourth-order valence-corrected chi connectivity index (χ4v) is 2.46. The van der Waals surface area contributed by atoms with Crippen LogP contribution in [0.1, 0.15) is 18.9 Å². The van der Waals surface area contributed by atoms with Crippen LogP contribution in [0.15, 0.2) is 11.4 Å². The third-order valence-corrected chi connectivity index (χ3v) is 3.65. The SMILES string of the molecule is CCC(CN(C)c1sccc1C)C(=O)O. The summed E-state index contributed by atoms with van der Waals surface area (Å²) in [6.07, 6.45) is 0.671. The second kappa shape index (κ2) is 5.16. The van der Waals surface area contributed by atoms with E-state index in [1.54, 1.807) is 11.3 Å². The summed E-state index contributed by atoms with van der Waals surface area (Å²) in [5, 5.41) is 12.2. The van der Waals surface area contributed by atoms with Crippen molar-refractivity contribution in [3.63, 3.8) is 0 Å². The molecule has 4 heteroatoms. The summed E-state index contributed by atoms with van der Waals surface area (Å²) in [6, 6.07) is 2.05. The number of aliphatic carboxylic acids is 1. The molecule has 1 heterocycles. The molecule has 0 aromatic carbocycles. The van der Waals surface area contributed by atoms with Crippen LogP contribution in [0.25, 0.3) is 0 Å². The molecule has 1 rings (SSSR count). The van der Waals surface area contributed by atoms with Crippen LogP contribution >= 0.6 is 11.3 Å². The lowest BCUT2D eigenvalue weighted by atomic mass is 10.1. The highest BCUT2D eigenvalue weighted by Crippen LogP contribution is 2.26. The lowest BCUT2D eigenvalue weighted by Crippen LogP contribution is -2.29. The van der Waals surface area contributed by atoms with E-state index in [4.69, 9.17) is 5.11 Å². The molecule has 1 aromatic heterocycles. The van der Waals surface area contributed by atoms with Gasteiger partial charge in [-0.2, -0.15) is 0 Å². The zero-order chi connectivity index (χ0) is 11.4. The summed E-state index contributed by atoms with van der Waals surface area (Å²) in [6.45, 7) is 4.53. The van der Waals surface area contributed by atoms with E-state index in [-0.39, 0.29) is 5.92 Å². The summed E-state index contributed by atoms with van der Waals surface area (Å²) in [5.74, 6) is -0.991. The summed E-state index contributed by atoms with van der Waals surface area (Å²) in [5.41, 5.74) is 1.21. The van der Waals surface area contributed by atoms with Crippen molar-refractivity contribution in [2.24, 2.45) is 5.92 Å². The number of nitrogens with zero attached hydrogens (tertiary/aromatic N) is 1. The van der Waals surface area contributed by atoms with Gasteiger partial charge in [-0.3, -0.25) is 4.79 Å². The number of carboxylic acids is 1.